The third-order valence-corrected chi connectivity index (χ3v) is 3.37. The summed E-state index contributed by atoms with van der Waals surface area (Å²) in [4.78, 5) is 14.5. The lowest BCUT2D eigenvalue weighted by Crippen LogP contribution is -2.11. The summed E-state index contributed by atoms with van der Waals surface area (Å²) in [6.07, 6.45) is -4.56. The van der Waals surface area contributed by atoms with Crippen molar-refractivity contribution in [3.05, 3.63) is 23.4 Å². The molecule has 0 saturated carbocycles. The zero-order valence-electron chi connectivity index (χ0n) is 10.7. The average Bonchev–Trinajstić information content (AvgIpc) is 2.37. The molecule has 1 heterocycles. The van der Waals surface area contributed by atoms with Gasteiger partial charge < -0.3 is 4.74 Å². The van der Waals surface area contributed by atoms with Crippen LogP contribution < -0.4 is 0 Å². The molecule has 0 fully saturated rings. The minimum Gasteiger partial charge on any atom is -0.469 e. The van der Waals surface area contributed by atoms with Gasteiger partial charge >= 0.3 is 12.1 Å². The van der Waals surface area contributed by atoms with E-state index in [0.717, 1.165) is 23.9 Å². The van der Waals surface area contributed by atoms with E-state index >= 15 is 0 Å². The molecule has 1 aromatic heterocycles. The maximum Gasteiger partial charge on any atom is 0.433 e. The highest BCUT2D eigenvalue weighted by Gasteiger charge is 2.33. The Bertz CT molecular complexity index is 540. The second kappa shape index (κ2) is 6.61. The molecule has 0 bridgehead atoms. The van der Waals surface area contributed by atoms with Crippen LogP contribution in [0.2, 0.25) is 0 Å². The van der Waals surface area contributed by atoms with Gasteiger partial charge in [0, 0.05) is 5.25 Å². The lowest BCUT2D eigenvalue weighted by molar-refractivity contribution is -0.142. The number of hydrogen-bond acceptors (Lipinski definition) is 5. The van der Waals surface area contributed by atoms with E-state index in [4.69, 9.17) is 5.26 Å². The fraction of sp³-hybridized carbons (Fsp3) is 0.417. The van der Waals surface area contributed by atoms with Gasteiger partial charge in [-0.1, -0.05) is 6.92 Å². The molecule has 20 heavy (non-hydrogen) atoms. The minimum atomic E-state index is -4.57. The number of hydrogen-bond donors (Lipinski definition) is 0. The van der Waals surface area contributed by atoms with Crippen molar-refractivity contribution in [2.75, 3.05) is 7.11 Å². The number of thioether (sulfide) groups is 1. The van der Waals surface area contributed by atoms with Crippen LogP contribution in [-0.2, 0) is 15.7 Å². The predicted molar refractivity (Wildman–Crippen MR) is 65.9 cm³/mol. The van der Waals surface area contributed by atoms with Crippen molar-refractivity contribution in [2.24, 2.45) is 0 Å². The summed E-state index contributed by atoms with van der Waals surface area (Å²) in [5, 5.41) is 8.48. The number of nitrogens with zero attached hydrogens (tertiary/aromatic N) is 2. The lowest BCUT2D eigenvalue weighted by atomic mass is 10.2. The molecule has 0 amide bonds. The minimum absolute atomic E-state index is 0.0178. The van der Waals surface area contributed by atoms with E-state index in [1.54, 1.807) is 13.0 Å². The van der Waals surface area contributed by atoms with Gasteiger partial charge in [-0.05, 0) is 12.1 Å². The summed E-state index contributed by atoms with van der Waals surface area (Å²) in [6.45, 7) is 1.64. The Labute approximate surface area is 117 Å². The van der Waals surface area contributed by atoms with Crippen molar-refractivity contribution >= 4 is 17.7 Å². The zero-order chi connectivity index (χ0) is 15.3. The van der Waals surface area contributed by atoms with Gasteiger partial charge in [0.25, 0.3) is 0 Å². The Morgan fingerprint density at radius 1 is 1.55 bits per heavy atom. The molecule has 4 nitrogen and oxygen atoms in total. The van der Waals surface area contributed by atoms with Crippen LogP contribution in [0.25, 0.3) is 0 Å². The van der Waals surface area contributed by atoms with Gasteiger partial charge in [0.2, 0.25) is 0 Å². The molecule has 1 unspecified atom stereocenters. The molecule has 0 aliphatic rings. The molecule has 1 atom stereocenters. The number of ether oxygens (including phenoxy) is 1. The summed E-state index contributed by atoms with van der Waals surface area (Å²) in [5.41, 5.74) is -1.02. The average molecular weight is 304 g/mol. The van der Waals surface area contributed by atoms with Crippen molar-refractivity contribution in [3.63, 3.8) is 0 Å². The van der Waals surface area contributed by atoms with Crippen molar-refractivity contribution in [3.8, 4) is 6.07 Å². The second-order valence-electron chi connectivity index (χ2n) is 3.87. The Balaban J connectivity index is 2.98. The molecule has 1 aromatic rings. The van der Waals surface area contributed by atoms with Crippen LogP contribution in [0.1, 0.15) is 24.6 Å². The largest absolute Gasteiger partial charge is 0.469 e. The standard InChI is InChI=1S/C12H11F3N2O2S/c1-7(5-10(18)19-2)20-11-8(6-16)3-4-9(17-11)12(13,14)15/h3-4,7H,5H2,1-2H3. The van der Waals surface area contributed by atoms with Crippen LogP contribution in [0, 0.1) is 11.3 Å². The lowest BCUT2D eigenvalue weighted by Gasteiger charge is -2.12. The number of carbonyl (C=O) groups excluding carboxylic acids is 1. The van der Waals surface area contributed by atoms with Crippen molar-refractivity contribution < 1.29 is 22.7 Å². The predicted octanol–water partition coefficient (Wildman–Crippen LogP) is 3.02. The van der Waals surface area contributed by atoms with Crippen LogP contribution in [0.4, 0.5) is 13.2 Å². The van der Waals surface area contributed by atoms with Crippen molar-refractivity contribution in [1.82, 2.24) is 4.98 Å². The van der Waals surface area contributed by atoms with Gasteiger partial charge in [0.1, 0.15) is 16.8 Å². The van der Waals surface area contributed by atoms with Crippen LogP contribution in [0.15, 0.2) is 17.2 Å². The maximum absolute atomic E-state index is 12.6. The Hall–Kier alpha value is -1.75. The SMILES string of the molecule is COC(=O)CC(C)Sc1nc(C(F)(F)F)ccc1C#N. The van der Waals surface area contributed by atoms with Gasteiger partial charge in [-0.2, -0.15) is 18.4 Å². The summed E-state index contributed by atoms with van der Waals surface area (Å²) in [5.74, 6) is -0.476. The third-order valence-electron chi connectivity index (χ3n) is 2.27. The number of nitriles is 1. The Kier molecular flexibility index (Phi) is 5.39. The first-order valence-corrected chi connectivity index (χ1v) is 6.37. The number of esters is 1. The van der Waals surface area contributed by atoms with E-state index in [2.05, 4.69) is 9.72 Å². The van der Waals surface area contributed by atoms with Gasteiger partial charge in [-0.25, -0.2) is 4.98 Å². The molecule has 0 N–H and O–H groups in total. The normalized spacial score (nSPS) is 12.6. The van der Waals surface area contributed by atoms with Crippen molar-refractivity contribution in [1.29, 1.82) is 5.26 Å². The van der Waals surface area contributed by atoms with E-state index < -0.39 is 17.8 Å². The Morgan fingerprint density at radius 2 is 2.20 bits per heavy atom. The summed E-state index contributed by atoms with van der Waals surface area (Å²) >= 11 is 0.934. The first-order chi connectivity index (χ1) is 9.27. The van der Waals surface area contributed by atoms with E-state index in [1.807, 2.05) is 0 Å². The molecular formula is C12H11F3N2O2S. The quantitative estimate of drug-likeness (QED) is 0.632. The molecule has 0 aliphatic carbocycles. The zero-order valence-corrected chi connectivity index (χ0v) is 11.5. The number of carbonyl (C=O) groups is 1. The van der Waals surface area contributed by atoms with Crippen LogP contribution >= 0.6 is 11.8 Å². The van der Waals surface area contributed by atoms with E-state index in [-0.39, 0.29) is 22.3 Å². The van der Waals surface area contributed by atoms with E-state index in [9.17, 15) is 18.0 Å². The topological polar surface area (TPSA) is 63.0 Å². The number of pyridine rings is 1. The molecular weight excluding hydrogens is 293 g/mol. The third kappa shape index (κ3) is 4.42. The molecule has 8 heteroatoms. The number of rotatable bonds is 4. The monoisotopic (exact) mass is 304 g/mol. The van der Waals surface area contributed by atoms with Crippen LogP contribution in [-0.4, -0.2) is 23.3 Å². The number of halogens is 3. The number of aromatic nitrogens is 1. The molecule has 108 valence electrons. The molecule has 0 saturated heterocycles. The van der Waals surface area contributed by atoms with Crippen LogP contribution in [0.3, 0.4) is 0 Å². The smallest absolute Gasteiger partial charge is 0.433 e. The summed E-state index contributed by atoms with van der Waals surface area (Å²) < 4.78 is 42.2. The Morgan fingerprint density at radius 3 is 2.70 bits per heavy atom. The maximum atomic E-state index is 12.6. The molecule has 0 spiro atoms. The van der Waals surface area contributed by atoms with Crippen molar-refractivity contribution in [2.45, 2.75) is 29.8 Å². The highest BCUT2D eigenvalue weighted by molar-refractivity contribution is 7.99. The summed E-state index contributed by atoms with van der Waals surface area (Å²) in [6, 6.07) is 3.61. The fourth-order valence-corrected chi connectivity index (χ4v) is 2.32. The van der Waals surface area contributed by atoms with Gasteiger partial charge in [-0.3, -0.25) is 4.79 Å². The van der Waals surface area contributed by atoms with E-state index in [0.29, 0.717) is 0 Å². The molecule has 0 aliphatic heterocycles. The first kappa shape index (κ1) is 16.3. The molecule has 0 radical (unpaired) electrons. The van der Waals surface area contributed by atoms with Gasteiger partial charge in [0.15, 0.2) is 0 Å². The number of methoxy groups -OCH3 is 1. The number of alkyl halides is 3. The highest BCUT2D eigenvalue weighted by atomic mass is 32.2. The van der Waals surface area contributed by atoms with Gasteiger partial charge in [-0.15, -0.1) is 11.8 Å². The molecule has 1 rings (SSSR count). The fourth-order valence-electron chi connectivity index (χ4n) is 1.32. The highest BCUT2D eigenvalue weighted by Crippen LogP contribution is 2.32. The van der Waals surface area contributed by atoms with E-state index in [1.165, 1.54) is 7.11 Å². The van der Waals surface area contributed by atoms with Gasteiger partial charge in [0.05, 0.1) is 19.1 Å². The van der Waals surface area contributed by atoms with Crippen LogP contribution in [0.5, 0.6) is 0 Å². The molecule has 0 aromatic carbocycles. The first-order valence-electron chi connectivity index (χ1n) is 5.49. The summed E-state index contributed by atoms with van der Waals surface area (Å²) in [7, 11) is 1.23. The second-order valence-corrected chi connectivity index (χ2v) is 5.29.